The molecule has 8 nitrogen and oxygen atoms in total. The lowest BCUT2D eigenvalue weighted by Gasteiger charge is -2.55. The second-order valence-electron chi connectivity index (χ2n) is 9.48. The minimum absolute atomic E-state index is 0.230. The smallest absolute Gasteiger partial charge is 0.395 e. The highest BCUT2D eigenvalue weighted by Gasteiger charge is 3.03. The Kier molecular flexibility index (Phi) is 7.08. The van der Waals surface area contributed by atoms with E-state index in [1.807, 2.05) is 0 Å². The molecule has 232 valence electrons. The standard InChI is InChI=1S/C28H18F6O8S2/c29-25(30)26(31,32)28(34,42-20-7-15-24(16-8-20)44(39,40)22-11-3-18(36)4-12-22)27(25,33)41-19-5-13-23(14-6-19)43(37,38)21-9-1-17(35)2-10-21/h1-16,35-36H. The topological polar surface area (TPSA) is 127 Å². The van der Waals surface area contributed by atoms with Crippen molar-refractivity contribution in [3.05, 3.63) is 97.1 Å². The van der Waals surface area contributed by atoms with Crippen molar-refractivity contribution in [2.45, 2.75) is 43.1 Å². The van der Waals surface area contributed by atoms with Crippen molar-refractivity contribution in [2.24, 2.45) is 0 Å². The minimum Gasteiger partial charge on any atom is -0.508 e. The molecule has 0 spiro atoms. The molecule has 1 aliphatic carbocycles. The van der Waals surface area contributed by atoms with Gasteiger partial charge in [0.25, 0.3) is 0 Å². The number of rotatable bonds is 8. The van der Waals surface area contributed by atoms with E-state index in [1.165, 1.54) is 0 Å². The molecule has 0 amide bonds. The minimum atomic E-state index is -5.78. The largest absolute Gasteiger partial charge is 0.508 e. The molecule has 1 fully saturated rings. The van der Waals surface area contributed by atoms with E-state index in [1.54, 1.807) is 0 Å². The Hall–Kier alpha value is -4.44. The summed E-state index contributed by atoms with van der Waals surface area (Å²) in [5.41, 5.74) is 0. The summed E-state index contributed by atoms with van der Waals surface area (Å²) in [6.07, 6.45) is 0. The highest BCUT2D eigenvalue weighted by atomic mass is 32.2. The van der Waals surface area contributed by atoms with Gasteiger partial charge < -0.3 is 19.7 Å². The van der Waals surface area contributed by atoms with E-state index >= 15 is 8.78 Å². The Morgan fingerprint density at radius 3 is 0.909 bits per heavy atom. The maximum absolute atomic E-state index is 15.5. The van der Waals surface area contributed by atoms with Crippen molar-refractivity contribution in [2.75, 3.05) is 0 Å². The maximum atomic E-state index is 15.5. The van der Waals surface area contributed by atoms with Crippen LogP contribution >= 0.6 is 0 Å². The number of alkyl halides is 6. The lowest BCUT2D eigenvalue weighted by atomic mass is 9.76. The van der Waals surface area contributed by atoms with Crippen LogP contribution < -0.4 is 9.47 Å². The molecular weight excluding hydrogens is 642 g/mol. The first-order valence-corrected chi connectivity index (χ1v) is 15.1. The van der Waals surface area contributed by atoms with E-state index in [4.69, 9.17) is 0 Å². The normalized spacial score (nSPS) is 22.5. The Morgan fingerprint density at radius 1 is 0.432 bits per heavy atom. The van der Waals surface area contributed by atoms with E-state index in [9.17, 15) is 44.6 Å². The number of sulfone groups is 2. The van der Waals surface area contributed by atoms with Crippen LogP contribution in [-0.4, -0.2) is 50.6 Å². The number of aromatic hydroxyl groups is 2. The molecular formula is C28H18F6O8S2. The summed E-state index contributed by atoms with van der Waals surface area (Å²) < 4.78 is 148. The van der Waals surface area contributed by atoms with Crippen LogP contribution in [0.4, 0.5) is 26.3 Å². The maximum Gasteiger partial charge on any atom is 0.395 e. The van der Waals surface area contributed by atoms with Crippen LogP contribution in [0.15, 0.2) is 117 Å². The average molecular weight is 661 g/mol. The molecule has 1 aliphatic rings. The molecule has 0 radical (unpaired) electrons. The highest BCUT2D eigenvalue weighted by molar-refractivity contribution is 7.91. The molecule has 1 saturated carbocycles. The Balaban J connectivity index is 1.41. The Bertz CT molecular complexity index is 1780. The van der Waals surface area contributed by atoms with E-state index < -0.39 is 64.5 Å². The van der Waals surface area contributed by atoms with Gasteiger partial charge in [-0.25, -0.2) is 16.8 Å². The predicted octanol–water partition coefficient (Wildman–Crippen LogP) is 5.84. The number of ether oxygens (including phenoxy) is 2. The van der Waals surface area contributed by atoms with Crippen molar-refractivity contribution in [1.82, 2.24) is 0 Å². The van der Waals surface area contributed by atoms with Gasteiger partial charge in [0.1, 0.15) is 23.0 Å². The molecule has 4 aromatic rings. The van der Waals surface area contributed by atoms with Gasteiger partial charge in [0.2, 0.25) is 19.7 Å². The SMILES string of the molecule is O=S(=O)(c1ccc(O)cc1)c1ccc(OC2(F)C(F)(F)C(F)(F)C2(F)Oc2ccc(S(=O)(=O)c3ccc(O)cc3)cc2)cc1. The first-order chi connectivity index (χ1) is 20.4. The van der Waals surface area contributed by atoms with Gasteiger partial charge in [-0.05, 0) is 97.1 Å². The van der Waals surface area contributed by atoms with Gasteiger partial charge in [0, 0.05) is 0 Å². The van der Waals surface area contributed by atoms with Crippen molar-refractivity contribution in [3.8, 4) is 23.0 Å². The molecule has 0 aromatic heterocycles. The molecule has 2 unspecified atom stereocenters. The number of phenolic OH excluding ortho intramolecular Hbond substituents is 2. The average Bonchev–Trinajstić information content (AvgIpc) is 2.97. The fourth-order valence-electron chi connectivity index (χ4n) is 4.23. The summed E-state index contributed by atoms with van der Waals surface area (Å²) in [6, 6.07) is 14.2. The van der Waals surface area contributed by atoms with Gasteiger partial charge in [-0.3, -0.25) is 0 Å². The van der Waals surface area contributed by atoms with Gasteiger partial charge in [-0.2, -0.15) is 26.3 Å². The van der Waals surface area contributed by atoms with E-state index in [0.29, 0.717) is 24.3 Å². The van der Waals surface area contributed by atoms with Crippen molar-refractivity contribution in [3.63, 3.8) is 0 Å². The van der Waals surface area contributed by atoms with Crippen LogP contribution in [0.5, 0.6) is 23.0 Å². The quantitative estimate of drug-likeness (QED) is 0.226. The van der Waals surface area contributed by atoms with E-state index in [-0.39, 0.29) is 21.3 Å². The van der Waals surface area contributed by atoms with Gasteiger partial charge in [-0.15, -0.1) is 0 Å². The van der Waals surface area contributed by atoms with Crippen molar-refractivity contribution < 1.29 is 62.9 Å². The number of benzene rings is 4. The molecule has 2 atom stereocenters. The number of hydrogen-bond donors (Lipinski definition) is 2. The molecule has 4 aromatic carbocycles. The van der Waals surface area contributed by atoms with Crippen molar-refractivity contribution >= 4 is 19.7 Å². The molecule has 5 rings (SSSR count). The molecule has 0 aliphatic heterocycles. The summed E-state index contributed by atoms with van der Waals surface area (Å²) in [4.78, 5) is -1.48. The molecule has 16 heteroatoms. The third kappa shape index (κ3) is 4.51. The molecule has 0 saturated heterocycles. The second kappa shape index (κ2) is 10.1. The fourth-order valence-corrected chi connectivity index (χ4v) is 6.75. The molecule has 0 bridgehead atoms. The van der Waals surface area contributed by atoms with Gasteiger partial charge in [0.05, 0.1) is 19.6 Å². The van der Waals surface area contributed by atoms with Crippen molar-refractivity contribution in [1.29, 1.82) is 0 Å². The van der Waals surface area contributed by atoms with E-state index in [0.717, 1.165) is 72.8 Å². The highest BCUT2D eigenvalue weighted by Crippen LogP contribution is 2.68. The zero-order valence-corrected chi connectivity index (χ0v) is 23.3. The Labute approximate surface area is 245 Å². The summed E-state index contributed by atoms with van der Waals surface area (Å²) in [5.74, 6) is -24.2. The van der Waals surface area contributed by atoms with Crippen LogP contribution in [0.2, 0.25) is 0 Å². The van der Waals surface area contributed by atoms with Crippen LogP contribution in [0, 0.1) is 0 Å². The first-order valence-electron chi connectivity index (χ1n) is 12.2. The lowest BCUT2D eigenvalue weighted by molar-refractivity contribution is -0.527. The van der Waals surface area contributed by atoms with Gasteiger partial charge in [-0.1, -0.05) is 0 Å². The third-order valence-corrected chi connectivity index (χ3v) is 10.3. The summed E-state index contributed by atoms with van der Waals surface area (Å²) in [5, 5.41) is 18.7. The Morgan fingerprint density at radius 2 is 0.659 bits per heavy atom. The fraction of sp³-hybridized carbons (Fsp3) is 0.143. The third-order valence-electron chi connectivity index (χ3n) is 6.69. The molecule has 0 heterocycles. The summed E-state index contributed by atoms with van der Waals surface area (Å²) in [6.45, 7) is 0. The molecule has 2 N–H and O–H groups in total. The lowest BCUT2D eigenvalue weighted by Crippen LogP contribution is -2.89. The van der Waals surface area contributed by atoms with E-state index in [2.05, 4.69) is 9.47 Å². The second-order valence-corrected chi connectivity index (χ2v) is 13.4. The number of halogens is 6. The monoisotopic (exact) mass is 660 g/mol. The molecule has 44 heavy (non-hydrogen) atoms. The summed E-state index contributed by atoms with van der Waals surface area (Å²) in [7, 11) is -8.46. The zero-order chi connectivity index (χ0) is 32.3. The van der Waals surface area contributed by atoms with Crippen LogP contribution in [0.25, 0.3) is 0 Å². The van der Waals surface area contributed by atoms with Gasteiger partial charge in [0.15, 0.2) is 0 Å². The number of phenols is 2. The number of hydrogen-bond acceptors (Lipinski definition) is 8. The zero-order valence-electron chi connectivity index (χ0n) is 21.7. The summed E-state index contributed by atoms with van der Waals surface area (Å²) >= 11 is 0. The van der Waals surface area contributed by atoms with Crippen LogP contribution in [0.3, 0.4) is 0 Å². The van der Waals surface area contributed by atoms with Crippen LogP contribution in [0.1, 0.15) is 0 Å². The predicted molar refractivity (Wildman–Crippen MR) is 139 cm³/mol. The van der Waals surface area contributed by atoms with Crippen LogP contribution in [-0.2, 0) is 19.7 Å². The van der Waals surface area contributed by atoms with Gasteiger partial charge >= 0.3 is 23.6 Å². The first kappa shape index (κ1) is 31.0.